The first-order chi connectivity index (χ1) is 12.2. The van der Waals surface area contributed by atoms with Crippen molar-refractivity contribution in [3.05, 3.63) is 59.9 Å². The molecule has 25 heavy (non-hydrogen) atoms. The van der Waals surface area contributed by atoms with Crippen molar-refractivity contribution in [3.8, 4) is 5.75 Å². The third-order valence-electron chi connectivity index (χ3n) is 3.61. The Morgan fingerprint density at radius 2 is 1.92 bits per heavy atom. The maximum absolute atomic E-state index is 5.89. The summed E-state index contributed by atoms with van der Waals surface area (Å²) in [5, 5.41) is 6.65. The number of benzene rings is 1. The molecule has 0 aliphatic rings. The highest BCUT2D eigenvalue weighted by Gasteiger charge is 2.05. The number of hydrogen-bond acceptors (Lipinski definition) is 3. The molecule has 0 saturated carbocycles. The van der Waals surface area contributed by atoms with Crippen LogP contribution in [0.2, 0.25) is 0 Å². The number of hydrogen-bond donors (Lipinski definition) is 2. The number of para-hydroxylation sites is 1. The molecule has 0 aliphatic carbocycles. The van der Waals surface area contributed by atoms with Crippen molar-refractivity contribution in [1.82, 2.24) is 15.6 Å². The van der Waals surface area contributed by atoms with Gasteiger partial charge in [-0.1, -0.05) is 38.1 Å². The number of rotatable bonds is 8. The molecule has 0 bridgehead atoms. The average molecular weight is 340 g/mol. The van der Waals surface area contributed by atoms with Gasteiger partial charge in [-0.05, 0) is 24.1 Å². The highest BCUT2D eigenvalue weighted by molar-refractivity contribution is 5.79. The zero-order valence-corrected chi connectivity index (χ0v) is 15.3. The Hall–Kier alpha value is -2.56. The summed E-state index contributed by atoms with van der Waals surface area (Å²) < 4.78 is 5.89. The van der Waals surface area contributed by atoms with Crippen LogP contribution in [0, 0.1) is 5.92 Å². The fourth-order valence-electron chi connectivity index (χ4n) is 2.30. The fourth-order valence-corrected chi connectivity index (χ4v) is 2.30. The summed E-state index contributed by atoms with van der Waals surface area (Å²) in [4.78, 5) is 8.60. The van der Waals surface area contributed by atoms with Crippen LogP contribution in [0.1, 0.15) is 25.1 Å². The number of ether oxygens (including phenoxy) is 1. The quantitative estimate of drug-likeness (QED) is 0.573. The lowest BCUT2D eigenvalue weighted by Gasteiger charge is -2.15. The van der Waals surface area contributed by atoms with Gasteiger partial charge >= 0.3 is 0 Å². The van der Waals surface area contributed by atoms with Crippen LogP contribution in [-0.2, 0) is 13.0 Å². The van der Waals surface area contributed by atoms with Crippen molar-refractivity contribution >= 4 is 5.96 Å². The summed E-state index contributed by atoms with van der Waals surface area (Å²) in [6.07, 6.45) is 2.67. The van der Waals surface area contributed by atoms with Crippen LogP contribution >= 0.6 is 0 Å². The van der Waals surface area contributed by atoms with Crippen molar-refractivity contribution in [2.45, 2.75) is 26.8 Å². The van der Waals surface area contributed by atoms with E-state index in [0.717, 1.165) is 35.9 Å². The van der Waals surface area contributed by atoms with E-state index in [2.05, 4.69) is 40.5 Å². The number of guanidine groups is 1. The zero-order chi connectivity index (χ0) is 17.9. The topological polar surface area (TPSA) is 58.5 Å². The molecule has 0 saturated heterocycles. The summed E-state index contributed by atoms with van der Waals surface area (Å²) >= 11 is 0. The summed E-state index contributed by atoms with van der Waals surface area (Å²) in [6.45, 7) is 6.45. The SMILES string of the molecule is CN=C(NCCc1ccccn1)NCc1ccccc1OCC(C)C. The summed E-state index contributed by atoms with van der Waals surface area (Å²) in [5.41, 5.74) is 2.19. The van der Waals surface area contributed by atoms with E-state index in [-0.39, 0.29) is 0 Å². The maximum atomic E-state index is 5.89. The molecule has 5 heteroatoms. The molecule has 0 fully saturated rings. The third kappa shape index (κ3) is 6.83. The Morgan fingerprint density at radius 1 is 1.12 bits per heavy atom. The van der Waals surface area contributed by atoms with Gasteiger partial charge in [0.25, 0.3) is 0 Å². The first kappa shape index (κ1) is 18.8. The number of nitrogens with one attached hydrogen (secondary N) is 2. The smallest absolute Gasteiger partial charge is 0.191 e. The summed E-state index contributed by atoms with van der Waals surface area (Å²) in [5.74, 6) is 2.20. The molecule has 0 spiro atoms. The molecule has 1 aromatic heterocycles. The molecule has 0 unspecified atom stereocenters. The summed E-state index contributed by atoms with van der Waals surface area (Å²) in [7, 11) is 1.78. The van der Waals surface area contributed by atoms with Gasteiger partial charge in [0.2, 0.25) is 0 Å². The molecule has 1 heterocycles. The molecule has 0 atom stereocenters. The predicted molar refractivity (Wildman–Crippen MR) is 103 cm³/mol. The standard InChI is InChI=1S/C20H28N4O/c1-16(2)15-25-19-10-5-4-8-17(19)14-24-20(21-3)23-13-11-18-9-6-7-12-22-18/h4-10,12,16H,11,13-15H2,1-3H3,(H2,21,23,24). The highest BCUT2D eigenvalue weighted by Crippen LogP contribution is 2.18. The molecule has 0 radical (unpaired) electrons. The van der Waals surface area contributed by atoms with Crippen LogP contribution in [0.15, 0.2) is 53.7 Å². The van der Waals surface area contributed by atoms with Gasteiger partial charge in [0.05, 0.1) is 6.61 Å². The second kappa shape index (κ2) is 10.3. The van der Waals surface area contributed by atoms with Crippen molar-refractivity contribution in [3.63, 3.8) is 0 Å². The number of aliphatic imine (C=N–C) groups is 1. The maximum Gasteiger partial charge on any atom is 0.191 e. The van der Waals surface area contributed by atoms with Gasteiger partial charge in [-0.25, -0.2) is 0 Å². The summed E-state index contributed by atoms with van der Waals surface area (Å²) in [6, 6.07) is 14.1. The average Bonchev–Trinajstić information content (AvgIpc) is 2.64. The molecule has 0 amide bonds. The minimum atomic E-state index is 0.502. The van der Waals surface area contributed by atoms with Crippen LogP contribution in [0.5, 0.6) is 5.75 Å². The number of aromatic nitrogens is 1. The lowest BCUT2D eigenvalue weighted by atomic mass is 10.2. The minimum Gasteiger partial charge on any atom is -0.493 e. The molecule has 134 valence electrons. The fraction of sp³-hybridized carbons (Fsp3) is 0.400. The molecular formula is C20H28N4O. The van der Waals surface area contributed by atoms with Crippen LogP contribution in [-0.4, -0.2) is 31.1 Å². The first-order valence-electron chi connectivity index (χ1n) is 8.74. The van der Waals surface area contributed by atoms with Gasteiger partial charge in [-0.2, -0.15) is 0 Å². The largest absolute Gasteiger partial charge is 0.493 e. The molecular weight excluding hydrogens is 312 g/mol. The minimum absolute atomic E-state index is 0.502. The second-order valence-electron chi connectivity index (χ2n) is 6.24. The van der Waals surface area contributed by atoms with Gasteiger partial charge in [-0.3, -0.25) is 9.98 Å². The van der Waals surface area contributed by atoms with Gasteiger partial charge in [0.15, 0.2) is 5.96 Å². The molecule has 2 rings (SSSR count). The Bertz CT molecular complexity index is 656. The van der Waals surface area contributed by atoms with Gasteiger partial charge < -0.3 is 15.4 Å². The van der Waals surface area contributed by atoms with Crippen molar-refractivity contribution in [2.75, 3.05) is 20.2 Å². The monoisotopic (exact) mass is 340 g/mol. The second-order valence-corrected chi connectivity index (χ2v) is 6.24. The lowest BCUT2D eigenvalue weighted by molar-refractivity contribution is 0.268. The van der Waals surface area contributed by atoms with Crippen molar-refractivity contribution in [2.24, 2.45) is 10.9 Å². The van der Waals surface area contributed by atoms with Gasteiger partial charge in [-0.15, -0.1) is 0 Å². The molecule has 0 aliphatic heterocycles. The van der Waals surface area contributed by atoms with Gasteiger partial charge in [0.1, 0.15) is 5.75 Å². The molecule has 1 aromatic carbocycles. The van der Waals surface area contributed by atoms with E-state index < -0.39 is 0 Å². The van der Waals surface area contributed by atoms with E-state index in [9.17, 15) is 0 Å². The number of nitrogens with zero attached hydrogens (tertiary/aromatic N) is 2. The van der Waals surface area contributed by atoms with Crippen molar-refractivity contribution in [1.29, 1.82) is 0 Å². The van der Waals surface area contributed by atoms with E-state index in [0.29, 0.717) is 19.1 Å². The van der Waals surface area contributed by atoms with Crippen LogP contribution in [0.3, 0.4) is 0 Å². The van der Waals surface area contributed by atoms with Crippen molar-refractivity contribution < 1.29 is 4.74 Å². The van der Waals surface area contributed by atoms with E-state index in [1.807, 2.05) is 42.6 Å². The lowest BCUT2D eigenvalue weighted by Crippen LogP contribution is -2.38. The Balaban J connectivity index is 1.82. The molecule has 5 nitrogen and oxygen atoms in total. The predicted octanol–water partition coefficient (Wildman–Crippen LogP) is 3.02. The van der Waals surface area contributed by atoms with E-state index >= 15 is 0 Å². The van der Waals surface area contributed by atoms with Crippen LogP contribution < -0.4 is 15.4 Å². The zero-order valence-electron chi connectivity index (χ0n) is 15.3. The Labute approximate surface area is 150 Å². The van der Waals surface area contributed by atoms with E-state index in [1.54, 1.807) is 7.05 Å². The van der Waals surface area contributed by atoms with E-state index in [1.165, 1.54) is 0 Å². The van der Waals surface area contributed by atoms with Crippen LogP contribution in [0.25, 0.3) is 0 Å². The van der Waals surface area contributed by atoms with Gasteiger partial charge in [0, 0.05) is 44.0 Å². The molecule has 2 aromatic rings. The Kier molecular flexibility index (Phi) is 7.76. The van der Waals surface area contributed by atoms with E-state index in [4.69, 9.17) is 4.74 Å². The highest BCUT2D eigenvalue weighted by atomic mass is 16.5. The Morgan fingerprint density at radius 3 is 2.64 bits per heavy atom. The normalized spacial score (nSPS) is 11.4. The number of pyridine rings is 1. The molecule has 2 N–H and O–H groups in total. The van der Waals surface area contributed by atoms with Crippen LogP contribution in [0.4, 0.5) is 0 Å². The third-order valence-corrected chi connectivity index (χ3v) is 3.61. The first-order valence-corrected chi connectivity index (χ1v) is 8.74.